The first-order valence-corrected chi connectivity index (χ1v) is 5.92. The van der Waals surface area contributed by atoms with Crippen LogP contribution in [0.15, 0.2) is 42.6 Å². The summed E-state index contributed by atoms with van der Waals surface area (Å²) in [5, 5.41) is 0.195. The lowest BCUT2D eigenvalue weighted by atomic mass is 10.0. The molecule has 0 atom stereocenters. The minimum atomic E-state index is -0.603. The van der Waals surface area contributed by atoms with Crippen LogP contribution in [0.3, 0.4) is 0 Å². The lowest BCUT2D eigenvalue weighted by Gasteiger charge is -2.02. The highest BCUT2D eigenvalue weighted by molar-refractivity contribution is 6.16. The summed E-state index contributed by atoms with van der Waals surface area (Å²) in [4.78, 5) is 15.2. The lowest BCUT2D eigenvalue weighted by Crippen LogP contribution is -2.03. The van der Waals surface area contributed by atoms with Crippen LogP contribution < -0.4 is 5.73 Å². The summed E-state index contributed by atoms with van der Waals surface area (Å²) < 4.78 is 27.2. The van der Waals surface area contributed by atoms with Gasteiger partial charge in [-0.1, -0.05) is 6.07 Å². The molecular weight excluding hydrogens is 262 g/mol. The number of carbonyl (C=O) groups excluding carboxylic acids is 1. The van der Waals surface area contributed by atoms with Gasteiger partial charge < -0.3 is 10.7 Å². The second-order valence-corrected chi connectivity index (χ2v) is 4.47. The number of carbonyl (C=O) groups is 1. The van der Waals surface area contributed by atoms with E-state index in [1.54, 1.807) is 12.1 Å². The van der Waals surface area contributed by atoms with Gasteiger partial charge in [0.25, 0.3) is 0 Å². The number of rotatable bonds is 2. The zero-order chi connectivity index (χ0) is 14.3. The molecule has 0 bridgehead atoms. The van der Waals surface area contributed by atoms with Crippen molar-refractivity contribution in [1.82, 2.24) is 4.98 Å². The number of hydrogen-bond donors (Lipinski definition) is 2. The van der Waals surface area contributed by atoms with E-state index in [9.17, 15) is 13.6 Å². The third-order valence-electron chi connectivity index (χ3n) is 3.08. The predicted octanol–water partition coefficient (Wildman–Crippen LogP) is 3.26. The number of nitrogen functional groups attached to an aromatic ring is 1. The topological polar surface area (TPSA) is 58.9 Å². The van der Waals surface area contributed by atoms with Gasteiger partial charge in [0.2, 0.25) is 0 Å². The maximum absolute atomic E-state index is 13.8. The lowest BCUT2D eigenvalue weighted by molar-refractivity contribution is 0.103. The molecule has 0 fully saturated rings. The number of halogens is 2. The molecule has 5 heteroatoms. The number of aromatic nitrogens is 1. The van der Waals surface area contributed by atoms with Crippen LogP contribution in [0.1, 0.15) is 15.9 Å². The molecular formula is C15H10F2N2O. The molecule has 20 heavy (non-hydrogen) atoms. The van der Waals surface area contributed by atoms with Crippen LogP contribution in [0.4, 0.5) is 14.5 Å². The number of nitrogens with one attached hydrogen (secondary N) is 1. The van der Waals surface area contributed by atoms with Crippen LogP contribution in [-0.4, -0.2) is 10.8 Å². The molecule has 0 amide bonds. The van der Waals surface area contributed by atoms with Gasteiger partial charge >= 0.3 is 0 Å². The molecule has 0 aliphatic carbocycles. The van der Waals surface area contributed by atoms with Crippen molar-refractivity contribution in [2.75, 3.05) is 5.73 Å². The molecule has 3 rings (SSSR count). The summed E-state index contributed by atoms with van der Waals surface area (Å²) in [6, 6.07) is 8.04. The molecule has 3 nitrogen and oxygen atoms in total. The number of fused-ring (bicyclic) bond motifs is 1. The van der Waals surface area contributed by atoms with E-state index >= 15 is 0 Å². The summed E-state index contributed by atoms with van der Waals surface area (Å²) in [6.07, 6.45) is 1.41. The summed E-state index contributed by atoms with van der Waals surface area (Å²) in [5.41, 5.74) is 6.42. The number of hydrogen-bond acceptors (Lipinski definition) is 2. The standard InChI is InChI=1S/C15H10F2N2O/c16-9-4-8(5-10(18)6-9)15(20)11-7-19-13-3-1-2-12(17)14(11)13/h1-7,19H,18H2. The molecule has 2 aromatic carbocycles. The molecule has 1 aromatic heterocycles. The Morgan fingerprint density at radius 3 is 2.70 bits per heavy atom. The molecule has 3 aromatic rings. The highest BCUT2D eigenvalue weighted by atomic mass is 19.1. The van der Waals surface area contributed by atoms with Gasteiger partial charge in [0.15, 0.2) is 5.78 Å². The Labute approximate surface area is 113 Å². The minimum absolute atomic E-state index is 0.0895. The zero-order valence-corrected chi connectivity index (χ0v) is 10.3. The minimum Gasteiger partial charge on any atom is -0.399 e. The molecule has 0 saturated carbocycles. The van der Waals surface area contributed by atoms with E-state index < -0.39 is 17.4 Å². The second kappa shape index (κ2) is 4.45. The fourth-order valence-corrected chi connectivity index (χ4v) is 2.22. The highest BCUT2D eigenvalue weighted by Gasteiger charge is 2.17. The van der Waals surface area contributed by atoms with E-state index in [2.05, 4.69) is 4.98 Å². The van der Waals surface area contributed by atoms with Crippen molar-refractivity contribution in [1.29, 1.82) is 0 Å². The van der Waals surface area contributed by atoms with E-state index in [0.29, 0.717) is 5.52 Å². The van der Waals surface area contributed by atoms with Crippen molar-refractivity contribution in [3.63, 3.8) is 0 Å². The fraction of sp³-hybridized carbons (Fsp3) is 0. The van der Waals surface area contributed by atoms with Crippen molar-refractivity contribution in [3.8, 4) is 0 Å². The third kappa shape index (κ3) is 1.93. The Hall–Kier alpha value is -2.69. The van der Waals surface area contributed by atoms with Crippen LogP contribution in [0.2, 0.25) is 0 Å². The van der Waals surface area contributed by atoms with E-state index in [-0.39, 0.29) is 22.2 Å². The average molecular weight is 272 g/mol. The van der Waals surface area contributed by atoms with Crippen molar-refractivity contribution in [3.05, 3.63) is 65.4 Å². The molecule has 0 radical (unpaired) electrons. The normalized spacial score (nSPS) is 10.9. The SMILES string of the molecule is Nc1cc(F)cc(C(=O)c2c[nH]c3cccc(F)c23)c1. The first kappa shape index (κ1) is 12.3. The van der Waals surface area contributed by atoms with Gasteiger partial charge in [0, 0.05) is 28.4 Å². The fourth-order valence-electron chi connectivity index (χ4n) is 2.22. The van der Waals surface area contributed by atoms with Gasteiger partial charge in [0.1, 0.15) is 11.6 Å². The second-order valence-electron chi connectivity index (χ2n) is 4.47. The van der Waals surface area contributed by atoms with Crippen molar-refractivity contribution in [2.24, 2.45) is 0 Å². The number of anilines is 1. The van der Waals surface area contributed by atoms with Crippen LogP contribution in [0.25, 0.3) is 10.9 Å². The predicted molar refractivity (Wildman–Crippen MR) is 72.5 cm³/mol. The van der Waals surface area contributed by atoms with Crippen LogP contribution in [0, 0.1) is 11.6 Å². The van der Waals surface area contributed by atoms with Crippen LogP contribution in [-0.2, 0) is 0 Å². The molecule has 1 heterocycles. The number of H-pyrrole nitrogens is 1. The van der Waals surface area contributed by atoms with Gasteiger partial charge in [-0.2, -0.15) is 0 Å². The van der Waals surface area contributed by atoms with Crippen LogP contribution >= 0.6 is 0 Å². The van der Waals surface area contributed by atoms with Crippen molar-refractivity contribution < 1.29 is 13.6 Å². The maximum atomic E-state index is 13.8. The molecule has 100 valence electrons. The number of aromatic amines is 1. The summed E-state index contributed by atoms with van der Waals surface area (Å²) >= 11 is 0. The molecule has 0 unspecified atom stereocenters. The summed E-state index contributed by atoms with van der Waals surface area (Å²) in [7, 11) is 0. The van der Waals surface area contributed by atoms with Crippen molar-refractivity contribution in [2.45, 2.75) is 0 Å². The number of benzene rings is 2. The first-order valence-electron chi connectivity index (χ1n) is 5.92. The Morgan fingerprint density at radius 2 is 1.95 bits per heavy atom. The largest absolute Gasteiger partial charge is 0.399 e. The molecule has 0 saturated heterocycles. The van der Waals surface area contributed by atoms with Gasteiger partial charge in [-0.15, -0.1) is 0 Å². The smallest absolute Gasteiger partial charge is 0.195 e. The first-order chi connectivity index (χ1) is 9.56. The van der Waals surface area contributed by atoms with Gasteiger partial charge in [-0.25, -0.2) is 8.78 Å². The van der Waals surface area contributed by atoms with E-state index in [1.165, 1.54) is 18.3 Å². The quantitative estimate of drug-likeness (QED) is 0.555. The molecule has 0 aliphatic heterocycles. The average Bonchev–Trinajstić information content (AvgIpc) is 2.82. The molecule has 3 N–H and O–H groups in total. The van der Waals surface area contributed by atoms with Crippen molar-refractivity contribution >= 4 is 22.4 Å². The third-order valence-corrected chi connectivity index (χ3v) is 3.08. The van der Waals surface area contributed by atoms with Gasteiger partial charge in [-0.05, 0) is 30.3 Å². The monoisotopic (exact) mass is 272 g/mol. The number of nitrogens with two attached hydrogens (primary N) is 1. The molecule has 0 spiro atoms. The van der Waals surface area contributed by atoms with E-state index in [0.717, 1.165) is 12.1 Å². The van der Waals surface area contributed by atoms with E-state index in [4.69, 9.17) is 5.73 Å². The van der Waals surface area contributed by atoms with Crippen LogP contribution in [0.5, 0.6) is 0 Å². The maximum Gasteiger partial charge on any atom is 0.195 e. The zero-order valence-electron chi connectivity index (χ0n) is 10.3. The Bertz CT molecular complexity index is 804. The Kier molecular flexibility index (Phi) is 2.75. The number of ketones is 1. The Balaban J connectivity index is 2.18. The van der Waals surface area contributed by atoms with E-state index in [1.807, 2.05) is 0 Å². The Morgan fingerprint density at radius 1 is 1.15 bits per heavy atom. The van der Waals surface area contributed by atoms with Gasteiger partial charge in [0.05, 0.1) is 5.56 Å². The molecule has 0 aliphatic rings. The van der Waals surface area contributed by atoms with Gasteiger partial charge in [-0.3, -0.25) is 4.79 Å². The highest BCUT2D eigenvalue weighted by Crippen LogP contribution is 2.24. The summed E-state index contributed by atoms with van der Waals surface area (Å²) in [5.74, 6) is -1.59. The summed E-state index contributed by atoms with van der Waals surface area (Å²) in [6.45, 7) is 0.